The Labute approximate surface area is 248 Å². The molecule has 44 heavy (non-hydrogen) atoms. The number of hydrogen-bond acceptors (Lipinski definition) is 6. The number of alkyl halides is 3. The second-order valence-electron chi connectivity index (χ2n) is 10.3. The van der Waals surface area contributed by atoms with E-state index in [0.29, 0.717) is 35.0 Å². The van der Waals surface area contributed by atoms with Crippen LogP contribution in [-0.2, 0) is 12.7 Å². The summed E-state index contributed by atoms with van der Waals surface area (Å²) in [4.78, 5) is 27.5. The normalized spacial score (nSPS) is 12.5. The van der Waals surface area contributed by atoms with Crippen LogP contribution in [0, 0.1) is 12.7 Å². The summed E-state index contributed by atoms with van der Waals surface area (Å²) in [5.41, 5.74) is 0.442. The van der Waals surface area contributed by atoms with Gasteiger partial charge in [0.1, 0.15) is 22.9 Å². The van der Waals surface area contributed by atoms with E-state index in [1.807, 2.05) is 28.8 Å². The Hall–Kier alpha value is -5.26. The number of ether oxygens (including phenoxy) is 1. The van der Waals surface area contributed by atoms with E-state index in [9.17, 15) is 22.4 Å². The van der Waals surface area contributed by atoms with Crippen LogP contribution >= 0.6 is 0 Å². The third-order valence-electron chi connectivity index (χ3n) is 7.33. The van der Waals surface area contributed by atoms with E-state index < -0.39 is 34.5 Å². The van der Waals surface area contributed by atoms with Gasteiger partial charge in [-0.05, 0) is 67.3 Å². The van der Waals surface area contributed by atoms with Gasteiger partial charge in [-0.2, -0.15) is 13.2 Å². The Morgan fingerprint density at radius 3 is 2.45 bits per heavy atom. The zero-order valence-electron chi connectivity index (χ0n) is 23.9. The minimum atomic E-state index is -4.77. The molecular formula is C32H26F4N6O2. The zero-order chi connectivity index (χ0) is 31.2. The van der Waals surface area contributed by atoms with Crippen molar-refractivity contribution < 1.29 is 22.3 Å². The van der Waals surface area contributed by atoms with Gasteiger partial charge in [-0.25, -0.2) is 19.3 Å². The number of anilines is 1. The summed E-state index contributed by atoms with van der Waals surface area (Å²) in [6, 6.07) is 17.2. The van der Waals surface area contributed by atoms with Gasteiger partial charge in [0.2, 0.25) is 0 Å². The number of nitrogens with one attached hydrogen (secondary N) is 1. The first-order valence-corrected chi connectivity index (χ1v) is 13.6. The standard InChI is InChI=1S/C32H26F4N6O2/c1-18(38-29-28-30(40-19(2)39-29)41(17-37-28)16-20-10-12-24(44-3)13-11-20)26-14-21-6-4-9-25(32(34,35)36)27(21)31(43)42(26)23-8-5-7-22(33)15-23/h4-15,17-18H,16H2,1-3H3,(H,38,39,40)/t18-/m0/s1. The molecule has 3 aromatic heterocycles. The van der Waals surface area contributed by atoms with Gasteiger partial charge in [-0.1, -0.05) is 30.3 Å². The average molecular weight is 603 g/mol. The number of rotatable bonds is 7. The van der Waals surface area contributed by atoms with E-state index in [0.717, 1.165) is 28.0 Å². The molecule has 0 saturated heterocycles. The smallest absolute Gasteiger partial charge is 0.417 e. The highest BCUT2D eigenvalue weighted by Crippen LogP contribution is 2.35. The van der Waals surface area contributed by atoms with Crippen LogP contribution in [0.2, 0.25) is 0 Å². The third kappa shape index (κ3) is 5.34. The SMILES string of the molecule is COc1ccc(Cn2cnc3c(N[C@@H](C)c4cc5cccc(C(F)(F)F)c5c(=O)n4-c4cccc(F)c4)nc(C)nc32)cc1. The van der Waals surface area contributed by atoms with Crippen molar-refractivity contribution in [2.45, 2.75) is 32.6 Å². The fourth-order valence-electron chi connectivity index (χ4n) is 5.29. The molecule has 0 unspecified atom stereocenters. The molecule has 0 aliphatic rings. The van der Waals surface area contributed by atoms with Crippen LogP contribution < -0.4 is 15.6 Å². The first kappa shape index (κ1) is 28.8. The lowest BCUT2D eigenvalue weighted by Gasteiger charge is -2.22. The molecule has 0 bridgehead atoms. The first-order chi connectivity index (χ1) is 21.0. The van der Waals surface area contributed by atoms with Crippen LogP contribution in [-0.4, -0.2) is 31.2 Å². The monoisotopic (exact) mass is 602 g/mol. The maximum atomic E-state index is 14.3. The van der Waals surface area contributed by atoms with Crippen molar-refractivity contribution in [2.24, 2.45) is 0 Å². The molecule has 0 aliphatic carbocycles. The minimum absolute atomic E-state index is 0.0883. The molecule has 6 aromatic rings. The Kier molecular flexibility index (Phi) is 7.28. The van der Waals surface area contributed by atoms with E-state index in [-0.39, 0.29) is 11.1 Å². The molecule has 0 aliphatic heterocycles. The predicted molar refractivity (Wildman–Crippen MR) is 159 cm³/mol. The van der Waals surface area contributed by atoms with E-state index in [1.54, 1.807) is 27.3 Å². The fraction of sp³-hybridized carbons (Fsp3) is 0.188. The Bertz CT molecular complexity index is 2070. The van der Waals surface area contributed by atoms with Crippen molar-refractivity contribution in [2.75, 3.05) is 12.4 Å². The van der Waals surface area contributed by atoms with Crippen molar-refractivity contribution in [3.63, 3.8) is 0 Å². The molecule has 8 nitrogen and oxygen atoms in total. The quantitative estimate of drug-likeness (QED) is 0.202. The Morgan fingerprint density at radius 2 is 1.75 bits per heavy atom. The number of methoxy groups -OCH3 is 1. The van der Waals surface area contributed by atoms with Crippen LogP contribution in [0.3, 0.4) is 0 Å². The molecule has 1 atom stereocenters. The number of halogens is 4. The number of aromatic nitrogens is 5. The second-order valence-corrected chi connectivity index (χ2v) is 10.3. The van der Waals surface area contributed by atoms with Gasteiger partial charge < -0.3 is 14.6 Å². The number of imidazole rings is 1. The molecular weight excluding hydrogens is 576 g/mol. The molecule has 0 amide bonds. The van der Waals surface area contributed by atoms with Crippen molar-refractivity contribution in [3.8, 4) is 11.4 Å². The van der Waals surface area contributed by atoms with Crippen LogP contribution in [0.1, 0.15) is 35.6 Å². The number of benzene rings is 3. The number of pyridine rings is 1. The molecule has 3 aromatic carbocycles. The summed E-state index contributed by atoms with van der Waals surface area (Å²) in [7, 11) is 1.60. The van der Waals surface area contributed by atoms with Gasteiger partial charge in [-0.3, -0.25) is 9.36 Å². The highest BCUT2D eigenvalue weighted by molar-refractivity contribution is 5.87. The molecule has 224 valence electrons. The maximum absolute atomic E-state index is 14.3. The van der Waals surface area contributed by atoms with E-state index in [1.165, 1.54) is 36.4 Å². The molecule has 0 spiro atoms. The summed E-state index contributed by atoms with van der Waals surface area (Å²) < 4.78 is 64.4. The van der Waals surface area contributed by atoms with Gasteiger partial charge in [0.25, 0.3) is 5.56 Å². The lowest BCUT2D eigenvalue weighted by atomic mass is 10.0. The molecule has 6 rings (SSSR count). The van der Waals surface area contributed by atoms with Crippen molar-refractivity contribution in [1.29, 1.82) is 0 Å². The van der Waals surface area contributed by atoms with Gasteiger partial charge in [0, 0.05) is 5.69 Å². The van der Waals surface area contributed by atoms with Crippen LogP contribution in [0.4, 0.5) is 23.4 Å². The third-order valence-corrected chi connectivity index (χ3v) is 7.33. The van der Waals surface area contributed by atoms with Gasteiger partial charge in [0.15, 0.2) is 11.5 Å². The first-order valence-electron chi connectivity index (χ1n) is 13.6. The van der Waals surface area contributed by atoms with Gasteiger partial charge in [0.05, 0.1) is 42.7 Å². The van der Waals surface area contributed by atoms with Crippen molar-refractivity contribution in [3.05, 3.63) is 118 Å². The predicted octanol–water partition coefficient (Wildman–Crippen LogP) is 6.83. The number of aryl methyl sites for hydroxylation is 1. The molecule has 0 saturated carbocycles. The van der Waals surface area contributed by atoms with Gasteiger partial charge in [-0.15, -0.1) is 0 Å². The molecule has 12 heteroatoms. The van der Waals surface area contributed by atoms with E-state index in [4.69, 9.17) is 4.74 Å². The zero-order valence-corrected chi connectivity index (χ0v) is 23.9. The maximum Gasteiger partial charge on any atom is 0.417 e. The second kappa shape index (κ2) is 11.1. The van der Waals surface area contributed by atoms with Crippen LogP contribution in [0.5, 0.6) is 5.75 Å². The largest absolute Gasteiger partial charge is 0.497 e. The van der Waals surface area contributed by atoms with E-state index in [2.05, 4.69) is 20.3 Å². The molecule has 0 radical (unpaired) electrons. The number of fused-ring (bicyclic) bond motifs is 2. The number of nitrogens with zero attached hydrogens (tertiary/aromatic N) is 5. The minimum Gasteiger partial charge on any atom is -0.497 e. The highest BCUT2D eigenvalue weighted by atomic mass is 19.4. The number of hydrogen-bond donors (Lipinski definition) is 1. The molecule has 3 heterocycles. The lowest BCUT2D eigenvalue weighted by Crippen LogP contribution is -2.27. The Morgan fingerprint density at radius 1 is 1.00 bits per heavy atom. The highest BCUT2D eigenvalue weighted by Gasteiger charge is 2.34. The molecule has 0 fully saturated rings. The summed E-state index contributed by atoms with van der Waals surface area (Å²) >= 11 is 0. The summed E-state index contributed by atoms with van der Waals surface area (Å²) in [5.74, 6) is 0.930. The van der Waals surface area contributed by atoms with Crippen molar-refractivity contribution >= 4 is 27.8 Å². The Balaban J connectivity index is 1.46. The summed E-state index contributed by atoms with van der Waals surface area (Å²) in [5, 5.41) is 2.88. The summed E-state index contributed by atoms with van der Waals surface area (Å²) in [6.07, 6.45) is -3.12. The average Bonchev–Trinajstić information content (AvgIpc) is 3.38. The van der Waals surface area contributed by atoms with Gasteiger partial charge >= 0.3 is 6.18 Å². The van der Waals surface area contributed by atoms with Crippen molar-refractivity contribution in [1.82, 2.24) is 24.1 Å². The lowest BCUT2D eigenvalue weighted by molar-refractivity contribution is -0.136. The van der Waals surface area contributed by atoms with Crippen LogP contribution in [0.15, 0.2) is 83.9 Å². The van der Waals surface area contributed by atoms with E-state index >= 15 is 0 Å². The fourth-order valence-corrected chi connectivity index (χ4v) is 5.29. The molecule has 1 N–H and O–H groups in total. The topological polar surface area (TPSA) is 86.9 Å². The summed E-state index contributed by atoms with van der Waals surface area (Å²) in [6.45, 7) is 3.95. The van der Waals surface area contributed by atoms with Crippen LogP contribution in [0.25, 0.3) is 27.6 Å².